The molecule has 132 valence electrons. The Labute approximate surface area is 151 Å². The number of anilines is 1. The van der Waals surface area contributed by atoms with Gasteiger partial charge in [0.2, 0.25) is 0 Å². The van der Waals surface area contributed by atoms with Gasteiger partial charge < -0.3 is 10.2 Å². The second-order valence-electron chi connectivity index (χ2n) is 6.29. The number of hydrogen-bond donors (Lipinski definition) is 1. The fourth-order valence-corrected chi connectivity index (χ4v) is 3.25. The van der Waals surface area contributed by atoms with Crippen LogP contribution in [0.5, 0.6) is 0 Å². The highest BCUT2D eigenvalue weighted by Crippen LogP contribution is 2.20. The molecule has 1 aliphatic heterocycles. The number of carbonyl (C=O) groups excluding carboxylic acids is 1. The lowest BCUT2D eigenvalue weighted by Gasteiger charge is -2.33. The molecule has 4 rings (SSSR count). The Morgan fingerprint density at radius 1 is 1.04 bits per heavy atom. The fourth-order valence-electron chi connectivity index (χ4n) is 3.25. The molecule has 1 aliphatic rings. The molecule has 1 amide bonds. The number of nitrogens with zero attached hydrogens (tertiary/aromatic N) is 5. The van der Waals surface area contributed by atoms with E-state index in [1.54, 1.807) is 17.1 Å². The van der Waals surface area contributed by atoms with E-state index in [1.807, 2.05) is 53.6 Å². The minimum Gasteiger partial charge on any atom is -0.366 e. The summed E-state index contributed by atoms with van der Waals surface area (Å²) in [6.45, 7) is 1.43. The van der Waals surface area contributed by atoms with Crippen molar-refractivity contribution in [1.29, 1.82) is 0 Å². The maximum atomic E-state index is 13.0. The number of hydrogen-bond acceptors (Lipinski definition) is 5. The lowest BCUT2D eigenvalue weighted by Crippen LogP contribution is -2.42. The number of likely N-dealkylation sites (tertiary alicyclic amines) is 1. The Balaban J connectivity index is 1.43. The number of aromatic nitrogens is 4. The number of para-hydroxylation sites is 1. The summed E-state index contributed by atoms with van der Waals surface area (Å²) in [5.41, 5.74) is 1.49. The summed E-state index contributed by atoms with van der Waals surface area (Å²) in [5.74, 6) is 0.829. The molecule has 3 heterocycles. The molecule has 0 spiro atoms. The van der Waals surface area contributed by atoms with Crippen molar-refractivity contribution in [2.24, 2.45) is 0 Å². The van der Waals surface area contributed by atoms with Crippen molar-refractivity contribution in [2.45, 2.75) is 18.9 Å². The van der Waals surface area contributed by atoms with Gasteiger partial charge in [-0.3, -0.25) is 4.79 Å². The minimum absolute atomic E-state index is 0.0500. The second-order valence-corrected chi connectivity index (χ2v) is 6.29. The van der Waals surface area contributed by atoms with Crippen LogP contribution in [0.4, 0.5) is 5.82 Å². The minimum atomic E-state index is 0.0500. The number of nitrogens with one attached hydrogen (secondary N) is 1. The molecule has 0 unspecified atom stereocenters. The lowest BCUT2D eigenvalue weighted by molar-refractivity contribution is 0.0718. The molecule has 0 saturated carbocycles. The summed E-state index contributed by atoms with van der Waals surface area (Å²) in [6.07, 6.45) is 6.98. The van der Waals surface area contributed by atoms with Gasteiger partial charge in [0, 0.05) is 37.7 Å². The topological polar surface area (TPSA) is 75.9 Å². The van der Waals surface area contributed by atoms with Gasteiger partial charge in [-0.05, 0) is 43.2 Å². The van der Waals surface area contributed by atoms with Crippen molar-refractivity contribution in [1.82, 2.24) is 24.9 Å². The Hall–Kier alpha value is -3.22. The molecule has 0 atom stereocenters. The van der Waals surface area contributed by atoms with E-state index in [-0.39, 0.29) is 5.91 Å². The van der Waals surface area contributed by atoms with Crippen molar-refractivity contribution in [3.8, 4) is 5.69 Å². The highest BCUT2D eigenvalue weighted by atomic mass is 16.2. The van der Waals surface area contributed by atoms with Crippen LogP contribution in [0.1, 0.15) is 23.2 Å². The van der Waals surface area contributed by atoms with Gasteiger partial charge in [-0.2, -0.15) is 10.2 Å². The summed E-state index contributed by atoms with van der Waals surface area (Å²) in [4.78, 5) is 14.9. The predicted molar refractivity (Wildman–Crippen MR) is 98.1 cm³/mol. The van der Waals surface area contributed by atoms with Crippen LogP contribution in [0.25, 0.3) is 5.69 Å². The van der Waals surface area contributed by atoms with Gasteiger partial charge in [-0.25, -0.2) is 4.68 Å². The molecule has 26 heavy (non-hydrogen) atoms. The Kier molecular flexibility index (Phi) is 4.59. The second kappa shape index (κ2) is 7.35. The van der Waals surface area contributed by atoms with Crippen LogP contribution in [0, 0.1) is 0 Å². The first-order valence-electron chi connectivity index (χ1n) is 8.74. The van der Waals surface area contributed by atoms with E-state index in [1.165, 1.54) is 0 Å². The monoisotopic (exact) mass is 348 g/mol. The van der Waals surface area contributed by atoms with E-state index >= 15 is 0 Å². The lowest BCUT2D eigenvalue weighted by atomic mass is 10.0. The highest BCUT2D eigenvalue weighted by Gasteiger charge is 2.25. The summed E-state index contributed by atoms with van der Waals surface area (Å²) in [6, 6.07) is 13.5. The van der Waals surface area contributed by atoms with Crippen LogP contribution in [0.3, 0.4) is 0 Å². The molecule has 0 radical (unpaired) electrons. The zero-order valence-corrected chi connectivity index (χ0v) is 14.3. The van der Waals surface area contributed by atoms with Crippen molar-refractivity contribution in [2.75, 3.05) is 18.4 Å². The van der Waals surface area contributed by atoms with Gasteiger partial charge >= 0.3 is 0 Å². The van der Waals surface area contributed by atoms with E-state index < -0.39 is 0 Å². The number of piperidine rings is 1. The van der Waals surface area contributed by atoms with Crippen LogP contribution in [0.15, 0.2) is 61.1 Å². The fraction of sp³-hybridized carbons (Fsp3) is 0.263. The number of carbonyl (C=O) groups is 1. The Bertz CT molecular complexity index is 857. The molecule has 1 saturated heterocycles. The molecular weight excluding hydrogens is 328 g/mol. The summed E-state index contributed by atoms with van der Waals surface area (Å²) in [5, 5.41) is 15.6. The third-order valence-electron chi connectivity index (χ3n) is 4.59. The van der Waals surface area contributed by atoms with Gasteiger partial charge in [-0.1, -0.05) is 12.1 Å². The standard InChI is InChI=1S/C19H20N6O/c26-19(16-5-1-2-6-17(16)25-12-4-11-21-25)24-13-8-15(9-14-24)22-18-7-3-10-20-23-18/h1-7,10-12,15H,8-9,13-14H2,(H,22,23). The maximum Gasteiger partial charge on any atom is 0.256 e. The van der Waals surface area contributed by atoms with Crippen LogP contribution >= 0.6 is 0 Å². The van der Waals surface area contributed by atoms with Crippen LogP contribution in [0.2, 0.25) is 0 Å². The van der Waals surface area contributed by atoms with E-state index in [9.17, 15) is 4.79 Å². The molecule has 1 fully saturated rings. The predicted octanol–water partition coefficient (Wildman–Crippen LogP) is 2.38. The van der Waals surface area contributed by atoms with Gasteiger partial charge in [0.15, 0.2) is 0 Å². The van der Waals surface area contributed by atoms with Crippen molar-refractivity contribution in [3.63, 3.8) is 0 Å². The van der Waals surface area contributed by atoms with Crippen LogP contribution in [-0.2, 0) is 0 Å². The molecule has 7 heteroatoms. The van der Waals surface area contributed by atoms with E-state index in [2.05, 4.69) is 20.6 Å². The molecule has 0 aliphatic carbocycles. The largest absolute Gasteiger partial charge is 0.366 e. The summed E-state index contributed by atoms with van der Waals surface area (Å²) < 4.78 is 1.73. The molecule has 1 N–H and O–H groups in total. The maximum absolute atomic E-state index is 13.0. The zero-order valence-electron chi connectivity index (χ0n) is 14.3. The van der Waals surface area contributed by atoms with Crippen LogP contribution < -0.4 is 5.32 Å². The highest BCUT2D eigenvalue weighted by molar-refractivity contribution is 5.97. The Morgan fingerprint density at radius 2 is 1.88 bits per heavy atom. The quantitative estimate of drug-likeness (QED) is 0.783. The van der Waals surface area contributed by atoms with E-state index in [4.69, 9.17) is 0 Å². The number of benzene rings is 1. The molecular formula is C19H20N6O. The Morgan fingerprint density at radius 3 is 2.62 bits per heavy atom. The van der Waals surface area contributed by atoms with Crippen molar-refractivity contribution in [3.05, 3.63) is 66.6 Å². The van der Waals surface area contributed by atoms with Gasteiger partial charge in [0.05, 0.1) is 11.3 Å². The average molecular weight is 348 g/mol. The van der Waals surface area contributed by atoms with Crippen molar-refractivity contribution < 1.29 is 4.79 Å². The van der Waals surface area contributed by atoms with Crippen molar-refractivity contribution >= 4 is 11.7 Å². The zero-order chi connectivity index (χ0) is 17.8. The van der Waals surface area contributed by atoms with Gasteiger partial charge in [0.1, 0.15) is 5.82 Å². The smallest absolute Gasteiger partial charge is 0.256 e. The SMILES string of the molecule is O=C(c1ccccc1-n1cccn1)N1CCC(Nc2cccnn2)CC1. The average Bonchev–Trinajstić information content (AvgIpc) is 3.24. The normalized spacial score (nSPS) is 15.0. The van der Waals surface area contributed by atoms with Gasteiger partial charge in [0.25, 0.3) is 5.91 Å². The third kappa shape index (κ3) is 3.42. The van der Waals surface area contributed by atoms with E-state index in [0.717, 1.165) is 24.3 Å². The first-order chi connectivity index (χ1) is 12.8. The molecule has 2 aromatic heterocycles. The molecule has 1 aromatic carbocycles. The molecule has 3 aromatic rings. The van der Waals surface area contributed by atoms with Crippen LogP contribution in [-0.4, -0.2) is 49.9 Å². The molecule has 7 nitrogen and oxygen atoms in total. The summed E-state index contributed by atoms with van der Waals surface area (Å²) in [7, 11) is 0. The summed E-state index contributed by atoms with van der Waals surface area (Å²) >= 11 is 0. The van der Waals surface area contributed by atoms with E-state index in [0.29, 0.717) is 24.7 Å². The molecule has 0 bridgehead atoms. The third-order valence-corrected chi connectivity index (χ3v) is 4.59. The number of amides is 1. The first-order valence-corrected chi connectivity index (χ1v) is 8.74. The number of rotatable bonds is 4. The first kappa shape index (κ1) is 16.3. The van der Waals surface area contributed by atoms with Gasteiger partial charge in [-0.15, -0.1) is 5.10 Å².